The summed E-state index contributed by atoms with van der Waals surface area (Å²) >= 11 is 0. The van der Waals surface area contributed by atoms with Gasteiger partial charge in [0.05, 0.1) is 33.6 Å². The second-order valence-corrected chi connectivity index (χ2v) is 17.0. The molecule has 66 heavy (non-hydrogen) atoms. The van der Waals surface area contributed by atoms with Crippen LogP contribution in [-0.4, -0.2) is 19.9 Å². The van der Waals surface area contributed by atoms with Gasteiger partial charge >= 0.3 is 0 Å². The van der Waals surface area contributed by atoms with E-state index in [1.54, 1.807) is 0 Å². The molecule has 0 aliphatic heterocycles. The van der Waals surface area contributed by atoms with Gasteiger partial charge in [-0.3, -0.25) is 9.97 Å². The molecule has 0 bridgehead atoms. The molecule has 0 fully saturated rings. The summed E-state index contributed by atoms with van der Waals surface area (Å²) in [5.74, 6) is 0. The fraction of sp³-hybridized carbons (Fsp3) is 0. The Balaban J connectivity index is 1.03. The monoisotopic (exact) mass is 838 g/mol. The molecule has 4 aromatic heterocycles. The molecule has 9 aromatic carbocycles. The number of hydrogen-bond acceptors (Lipinski definition) is 4. The van der Waals surface area contributed by atoms with Crippen molar-refractivity contribution in [2.75, 3.05) is 0 Å². The summed E-state index contributed by atoms with van der Waals surface area (Å²) in [4.78, 5) is 20.5. The number of hydrogen-bond donors (Lipinski definition) is 0. The number of pyridine rings is 4. The van der Waals surface area contributed by atoms with Crippen molar-refractivity contribution in [3.63, 3.8) is 0 Å². The third kappa shape index (κ3) is 6.38. The van der Waals surface area contributed by atoms with Gasteiger partial charge in [-0.25, -0.2) is 9.97 Å². The molecule has 0 saturated carbocycles. The maximum absolute atomic E-state index is 5.57. The van der Waals surface area contributed by atoms with Crippen molar-refractivity contribution >= 4 is 65.0 Å². The molecule has 13 rings (SSSR count). The van der Waals surface area contributed by atoms with Crippen LogP contribution in [0.15, 0.2) is 231 Å². The number of aromatic nitrogens is 4. The highest BCUT2D eigenvalue weighted by molar-refractivity contribution is 6.25. The predicted molar refractivity (Wildman–Crippen MR) is 275 cm³/mol. The van der Waals surface area contributed by atoms with E-state index in [9.17, 15) is 0 Å². The SMILES string of the molecule is c1ccc2cc(-c3nc4ccccc4c4c3cc(-c3cc(-c5ccc(-c6cccc7cccnc67)cc5)cc(-c5ccc(-c6cccc7cccnc67)cc5)n3)c3ccccc34)ccc2c1. The quantitative estimate of drug-likeness (QED) is 0.157. The molecule has 4 heterocycles. The van der Waals surface area contributed by atoms with Crippen LogP contribution >= 0.6 is 0 Å². The largest absolute Gasteiger partial charge is 0.256 e. The lowest BCUT2D eigenvalue weighted by Crippen LogP contribution is -1.95. The van der Waals surface area contributed by atoms with E-state index in [0.29, 0.717) is 0 Å². The normalized spacial score (nSPS) is 11.6. The van der Waals surface area contributed by atoms with Gasteiger partial charge < -0.3 is 0 Å². The first-order valence-corrected chi connectivity index (χ1v) is 22.4. The lowest BCUT2D eigenvalue weighted by atomic mass is 9.90. The second kappa shape index (κ2) is 15.4. The smallest absolute Gasteiger partial charge is 0.0788 e. The molecule has 0 unspecified atom stereocenters. The van der Waals surface area contributed by atoms with Crippen LogP contribution in [0.3, 0.4) is 0 Å². The van der Waals surface area contributed by atoms with Gasteiger partial charge in [-0.2, -0.15) is 0 Å². The molecule has 0 saturated heterocycles. The summed E-state index contributed by atoms with van der Waals surface area (Å²) in [5, 5.41) is 10.3. The molecule has 0 aliphatic rings. The molecule has 4 heteroatoms. The Kier molecular flexibility index (Phi) is 8.81. The number of nitrogens with zero attached hydrogens (tertiary/aromatic N) is 4. The number of para-hydroxylation sites is 3. The zero-order chi connectivity index (χ0) is 43.6. The molecule has 0 amide bonds. The number of benzene rings is 9. The van der Waals surface area contributed by atoms with Crippen LogP contribution in [0.25, 0.3) is 132 Å². The Hall–Kier alpha value is -8.86. The van der Waals surface area contributed by atoms with Crippen LogP contribution < -0.4 is 0 Å². The van der Waals surface area contributed by atoms with Gasteiger partial charge in [0.1, 0.15) is 0 Å². The zero-order valence-electron chi connectivity index (χ0n) is 35.7. The molecule has 0 spiro atoms. The van der Waals surface area contributed by atoms with Crippen LogP contribution in [-0.2, 0) is 0 Å². The first-order valence-electron chi connectivity index (χ1n) is 22.4. The van der Waals surface area contributed by atoms with E-state index >= 15 is 0 Å². The highest BCUT2D eigenvalue weighted by Gasteiger charge is 2.19. The van der Waals surface area contributed by atoms with Crippen molar-refractivity contribution in [3.05, 3.63) is 231 Å². The molecule has 0 atom stereocenters. The summed E-state index contributed by atoms with van der Waals surface area (Å²) in [6, 6.07) is 77.9. The topological polar surface area (TPSA) is 51.6 Å². The van der Waals surface area contributed by atoms with Crippen LogP contribution in [0.1, 0.15) is 0 Å². The van der Waals surface area contributed by atoms with Crippen LogP contribution in [0, 0.1) is 0 Å². The zero-order valence-corrected chi connectivity index (χ0v) is 35.7. The minimum Gasteiger partial charge on any atom is -0.256 e. The first kappa shape index (κ1) is 37.7. The Morgan fingerprint density at radius 3 is 1.53 bits per heavy atom. The number of fused-ring (bicyclic) bond motifs is 8. The van der Waals surface area contributed by atoms with E-state index in [-0.39, 0.29) is 0 Å². The molecule has 0 aliphatic carbocycles. The lowest BCUT2D eigenvalue weighted by Gasteiger charge is -2.17. The Bertz CT molecular complexity index is 3890. The predicted octanol–water partition coefficient (Wildman–Crippen LogP) is 16.2. The average molecular weight is 839 g/mol. The van der Waals surface area contributed by atoms with E-state index < -0.39 is 0 Å². The second-order valence-electron chi connectivity index (χ2n) is 17.0. The van der Waals surface area contributed by atoms with Crippen molar-refractivity contribution in [1.82, 2.24) is 19.9 Å². The van der Waals surface area contributed by atoms with E-state index in [4.69, 9.17) is 19.9 Å². The van der Waals surface area contributed by atoms with Crippen LogP contribution in [0.2, 0.25) is 0 Å². The Morgan fingerprint density at radius 1 is 0.273 bits per heavy atom. The molecule has 0 N–H and O–H groups in total. The van der Waals surface area contributed by atoms with Crippen molar-refractivity contribution in [2.24, 2.45) is 0 Å². The van der Waals surface area contributed by atoms with Gasteiger partial charge in [-0.15, -0.1) is 0 Å². The van der Waals surface area contributed by atoms with Crippen LogP contribution in [0.5, 0.6) is 0 Å². The van der Waals surface area contributed by atoms with Crippen molar-refractivity contribution in [1.29, 1.82) is 0 Å². The fourth-order valence-electron chi connectivity index (χ4n) is 9.90. The fourth-order valence-corrected chi connectivity index (χ4v) is 9.90. The van der Waals surface area contributed by atoms with Crippen molar-refractivity contribution < 1.29 is 0 Å². The molecule has 0 radical (unpaired) electrons. The van der Waals surface area contributed by atoms with Crippen LogP contribution in [0.4, 0.5) is 0 Å². The molecular formula is C62H38N4. The number of rotatable bonds is 6. The third-order valence-corrected chi connectivity index (χ3v) is 13.1. The molecule has 306 valence electrons. The van der Waals surface area contributed by atoms with Gasteiger partial charge in [0.25, 0.3) is 0 Å². The maximum atomic E-state index is 5.57. The van der Waals surface area contributed by atoms with Gasteiger partial charge in [0.15, 0.2) is 0 Å². The van der Waals surface area contributed by atoms with Crippen molar-refractivity contribution in [3.8, 4) is 67.2 Å². The molecule has 4 nitrogen and oxygen atoms in total. The van der Waals surface area contributed by atoms with Crippen molar-refractivity contribution in [2.45, 2.75) is 0 Å². The highest BCUT2D eigenvalue weighted by atomic mass is 14.7. The lowest BCUT2D eigenvalue weighted by molar-refractivity contribution is 1.33. The van der Waals surface area contributed by atoms with Gasteiger partial charge in [0, 0.05) is 67.1 Å². The third-order valence-electron chi connectivity index (χ3n) is 13.1. The minimum absolute atomic E-state index is 0.892. The van der Waals surface area contributed by atoms with E-state index in [1.807, 2.05) is 24.5 Å². The van der Waals surface area contributed by atoms with Gasteiger partial charge in [-0.05, 0) is 86.3 Å². The van der Waals surface area contributed by atoms with E-state index in [0.717, 1.165) is 111 Å². The molecule has 13 aromatic rings. The summed E-state index contributed by atoms with van der Waals surface area (Å²) in [5.41, 5.74) is 15.5. The Morgan fingerprint density at radius 2 is 0.818 bits per heavy atom. The Labute approximate surface area is 381 Å². The standard InChI is InChI=1S/C62H38N4/c1-2-12-46-35-47(32-25-39(46)11-1)62-55-38-54(51-17-3-4-18-52(51)59(55)53-19-5-6-22-56(53)66-62)58-37-48(40-23-26-41(27-24-40)49-20-7-13-44-15-9-33-63-60(44)49)36-57(65-58)43-30-28-42(29-31-43)50-21-8-14-45-16-10-34-64-61(45)50/h1-38H. The average Bonchev–Trinajstić information content (AvgIpc) is 3.39. The minimum atomic E-state index is 0.892. The summed E-state index contributed by atoms with van der Waals surface area (Å²) in [6.07, 6.45) is 3.73. The molecular weight excluding hydrogens is 801 g/mol. The first-order chi connectivity index (χ1) is 32.7. The van der Waals surface area contributed by atoms with E-state index in [2.05, 4.69) is 206 Å². The van der Waals surface area contributed by atoms with E-state index in [1.165, 1.54) is 21.5 Å². The summed E-state index contributed by atoms with van der Waals surface area (Å²) < 4.78 is 0. The maximum Gasteiger partial charge on any atom is 0.0788 e. The van der Waals surface area contributed by atoms with Gasteiger partial charge in [-0.1, -0.05) is 176 Å². The summed E-state index contributed by atoms with van der Waals surface area (Å²) in [7, 11) is 0. The highest BCUT2D eigenvalue weighted by Crippen LogP contribution is 2.43. The van der Waals surface area contributed by atoms with Gasteiger partial charge in [0.2, 0.25) is 0 Å². The summed E-state index contributed by atoms with van der Waals surface area (Å²) in [6.45, 7) is 0.